The Morgan fingerprint density at radius 3 is 2.53 bits per heavy atom. The predicted molar refractivity (Wildman–Crippen MR) is 127 cm³/mol. The smallest absolute Gasteiger partial charge is 0.285 e. The quantitative estimate of drug-likeness (QED) is 0.360. The third kappa shape index (κ3) is 5.02. The Balaban J connectivity index is 1.69. The lowest BCUT2D eigenvalue weighted by Gasteiger charge is -2.13. The Hall–Kier alpha value is -3.54. The first-order valence-corrected chi connectivity index (χ1v) is 11.5. The van der Waals surface area contributed by atoms with Gasteiger partial charge in [-0.2, -0.15) is 5.26 Å². The second-order valence-corrected chi connectivity index (χ2v) is 8.66. The summed E-state index contributed by atoms with van der Waals surface area (Å²) in [6.45, 7) is 1.86. The lowest BCUT2D eigenvalue weighted by atomic mass is 9.97. The van der Waals surface area contributed by atoms with Gasteiger partial charge in [0.25, 0.3) is 5.24 Å². The zero-order chi connectivity index (χ0) is 22.5. The van der Waals surface area contributed by atoms with Crippen molar-refractivity contribution in [1.29, 1.82) is 5.26 Å². The van der Waals surface area contributed by atoms with Gasteiger partial charge in [-0.15, -0.1) is 11.3 Å². The average molecular weight is 461 g/mol. The third-order valence-electron chi connectivity index (χ3n) is 4.60. The molecule has 0 atom stereocenters. The van der Waals surface area contributed by atoms with E-state index in [2.05, 4.69) is 21.4 Å². The zero-order valence-corrected chi connectivity index (χ0v) is 18.6. The molecule has 0 spiro atoms. The van der Waals surface area contributed by atoms with E-state index in [-0.39, 0.29) is 16.8 Å². The van der Waals surface area contributed by atoms with E-state index in [0.29, 0.717) is 27.6 Å². The SMILES string of the molecule is Cc1csc(NC(=O)SCc2nc(-c3ccc(F)cc3)cc(-c3ccccc3)c2C#N)n1. The summed E-state index contributed by atoms with van der Waals surface area (Å²) in [7, 11) is 0. The molecule has 32 heavy (non-hydrogen) atoms. The summed E-state index contributed by atoms with van der Waals surface area (Å²) in [6.07, 6.45) is 0. The Morgan fingerprint density at radius 1 is 1.12 bits per heavy atom. The molecule has 0 saturated carbocycles. The van der Waals surface area contributed by atoms with E-state index in [9.17, 15) is 14.4 Å². The second-order valence-electron chi connectivity index (χ2n) is 6.86. The number of hydrogen-bond acceptors (Lipinski definition) is 6. The first-order valence-electron chi connectivity index (χ1n) is 9.65. The van der Waals surface area contributed by atoms with Crippen molar-refractivity contribution in [2.45, 2.75) is 12.7 Å². The molecule has 158 valence electrons. The van der Waals surface area contributed by atoms with Gasteiger partial charge in [0.1, 0.15) is 11.9 Å². The minimum atomic E-state index is -0.337. The number of thioether (sulfide) groups is 1. The Kier molecular flexibility index (Phi) is 6.59. The van der Waals surface area contributed by atoms with Gasteiger partial charge in [0.05, 0.1) is 22.6 Å². The van der Waals surface area contributed by atoms with Crippen molar-refractivity contribution >= 4 is 33.5 Å². The fourth-order valence-corrected chi connectivity index (χ4v) is 4.50. The average Bonchev–Trinajstić information content (AvgIpc) is 3.22. The van der Waals surface area contributed by atoms with E-state index in [0.717, 1.165) is 28.6 Å². The molecule has 1 N–H and O–H groups in total. The third-order valence-corrected chi connectivity index (χ3v) is 6.26. The van der Waals surface area contributed by atoms with Gasteiger partial charge in [-0.25, -0.2) is 9.37 Å². The fraction of sp³-hybridized carbons (Fsp3) is 0.0833. The molecule has 0 radical (unpaired) electrons. The number of aromatic nitrogens is 2. The van der Waals surface area contributed by atoms with Gasteiger partial charge in [0.2, 0.25) is 0 Å². The van der Waals surface area contributed by atoms with Crippen LogP contribution < -0.4 is 5.32 Å². The second kappa shape index (κ2) is 9.73. The Morgan fingerprint density at radius 2 is 1.88 bits per heavy atom. The summed E-state index contributed by atoms with van der Waals surface area (Å²) >= 11 is 2.37. The molecule has 0 unspecified atom stereocenters. The highest BCUT2D eigenvalue weighted by atomic mass is 32.2. The van der Waals surface area contributed by atoms with Crippen molar-refractivity contribution in [3.8, 4) is 28.5 Å². The van der Waals surface area contributed by atoms with Crippen molar-refractivity contribution in [3.63, 3.8) is 0 Å². The Bertz CT molecular complexity index is 1300. The molecule has 2 aromatic heterocycles. The van der Waals surface area contributed by atoms with Gasteiger partial charge >= 0.3 is 0 Å². The minimum absolute atomic E-state index is 0.202. The molecule has 0 aliphatic carbocycles. The summed E-state index contributed by atoms with van der Waals surface area (Å²) in [6, 6.07) is 19.6. The predicted octanol–water partition coefficient (Wildman–Crippen LogP) is 6.66. The molecule has 0 aliphatic heterocycles. The van der Waals surface area contributed by atoms with Crippen molar-refractivity contribution in [3.05, 3.63) is 88.8 Å². The highest BCUT2D eigenvalue weighted by molar-refractivity contribution is 8.13. The van der Waals surface area contributed by atoms with Gasteiger partial charge in [0, 0.05) is 22.3 Å². The van der Waals surface area contributed by atoms with E-state index in [1.807, 2.05) is 48.7 Å². The van der Waals surface area contributed by atoms with E-state index in [1.165, 1.54) is 23.5 Å². The van der Waals surface area contributed by atoms with E-state index < -0.39 is 0 Å². The van der Waals surface area contributed by atoms with Crippen LogP contribution in [0.1, 0.15) is 17.0 Å². The highest BCUT2D eigenvalue weighted by Gasteiger charge is 2.17. The van der Waals surface area contributed by atoms with E-state index in [4.69, 9.17) is 0 Å². The number of benzene rings is 2. The summed E-state index contributed by atoms with van der Waals surface area (Å²) < 4.78 is 13.4. The fourth-order valence-electron chi connectivity index (χ4n) is 3.11. The zero-order valence-electron chi connectivity index (χ0n) is 17.0. The molecule has 2 heterocycles. The molecule has 4 aromatic rings. The number of nitriles is 1. The molecule has 4 rings (SSSR count). The number of amides is 1. The maximum Gasteiger partial charge on any atom is 0.285 e. The normalized spacial score (nSPS) is 10.5. The van der Waals surface area contributed by atoms with Crippen molar-refractivity contribution in [1.82, 2.24) is 9.97 Å². The number of hydrogen-bond donors (Lipinski definition) is 1. The van der Waals surface area contributed by atoms with Crippen LogP contribution in [-0.2, 0) is 5.75 Å². The standard InChI is InChI=1S/C24H17FN4OS2/c1-15-13-31-23(27-15)29-24(30)32-14-22-20(12-26)19(16-5-3-2-4-6-16)11-21(28-22)17-7-9-18(25)10-8-17/h2-11,13H,14H2,1H3,(H,27,29,30). The number of rotatable bonds is 5. The molecule has 8 heteroatoms. The van der Waals surface area contributed by atoms with Crippen molar-refractivity contribution in [2.75, 3.05) is 5.32 Å². The first-order chi connectivity index (χ1) is 15.5. The number of carbonyl (C=O) groups is 1. The molecular weight excluding hydrogens is 443 g/mol. The number of nitrogens with one attached hydrogen (secondary N) is 1. The number of anilines is 1. The monoisotopic (exact) mass is 460 g/mol. The summed E-state index contributed by atoms with van der Waals surface area (Å²) in [4.78, 5) is 21.3. The molecule has 1 amide bonds. The van der Waals surface area contributed by atoms with Gasteiger partial charge in [-0.1, -0.05) is 42.1 Å². The molecular formula is C24H17FN4OS2. The number of halogens is 1. The molecule has 0 saturated heterocycles. The largest absolute Gasteiger partial charge is 0.293 e. The highest BCUT2D eigenvalue weighted by Crippen LogP contribution is 2.32. The summed E-state index contributed by atoms with van der Waals surface area (Å²) in [5.41, 5.74) is 4.65. The van der Waals surface area contributed by atoms with Crippen molar-refractivity contribution < 1.29 is 9.18 Å². The molecule has 0 bridgehead atoms. The summed E-state index contributed by atoms with van der Waals surface area (Å²) in [5.74, 6) is -0.135. The van der Waals surface area contributed by atoms with Crippen LogP contribution >= 0.6 is 23.1 Å². The van der Waals surface area contributed by atoms with Gasteiger partial charge in [-0.05, 0) is 42.8 Å². The van der Waals surface area contributed by atoms with Crippen LogP contribution in [0.4, 0.5) is 14.3 Å². The molecule has 0 fully saturated rings. The van der Waals surface area contributed by atoms with Crippen molar-refractivity contribution in [2.24, 2.45) is 0 Å². The number of thiazole rings is 1. The minimum Gasteiger partial charge on any atom is -0.293 e. The molecule has 0 aliphatic rings. The lowest BCUT2D eigenvalue weighted by molar-refractivity contribution is 0.269. The van der Waals surface area contributed by atoms with Crippen LogP contribution in [0.2, 0.25) is 0 Å². The number of nitrogens with zero attached hydrogens (tertiary/aromatic N) is 3. The van der Waals surface area contributed by atoms with E-state index in [1.54, 1.807) is 12.1 Å². The van der Waals surface area contributed by atoms with E-state index >= 15 is 0 Å². The van der Waals surface area contributed by atoms with Crippen LogP contribution in [0.15, 0.2) is 66.0 Å². The first kappa shape index (κ1) is 21.7. The molecule has 2 aromatic carbocycles. The maximum atomic E-state index is 13.4. The molecule has 5 nitrogen and oxygen atoms in total. The van der Waals surface area contributed by atoms with Crippen LogP contribution in [0.3, 0.4) is 0 Å². The lowest BCUT2D eigenvalue weighted by Crippen LogP contribution is -2.06. The van der Waals surface area contributed by atoms with Crippen LogP contribution in [0.5, 0.6) is 0 Å². The van der Waals surface area contributed by atoms with Gasteiger partial charge < -0.3 is 0 Å². The Labute approximate surface area is 193 Å². The number of aryl methyl sites for hydroxylation is 1. The maximum absolute atomic E-state index is 13.4. The van der Waals surface area contributed by atoms with Crippen LogP contribution in [0, 0.1) is 24.1 Å². The topological polar surface area (TPSA) is 78.7 Å². The van der Waals surface area contributed by atoms with Crippen LogP contribution in [0.25, 0.3) is 22.4 Å². The van der Waals surface area contributed by atoms with Gasteiger partial charge in [0.15, 0.2) is 5.13 Å². The van der Waals surface area contributed by atoms with Crippen LogP contribution in [-0.4, -0.2) is 15.2 Å². The number of carbonyl (C=O) groups excluding carboxylic acids is 1. The number of pyridine rings is 1. The summed E-state index contributed by atoms with van der Waals surface area (Å²) in [5, 5.41) is 14.8. The van der Waals surface area contributed by atoms with Gasteiger partial charge in [-0.3, -0.25) is 15.1 Å².